The quantitative estimate of drug-likeness (QED) is 0.770. The number of carbonyl (C=O) groups excluding carboxylic acids is 1. The lowest BCUT2D eigenvalue weighted by atomic mass is 10.1. The molecule has 9 heteroatoms. The van der Waals surface area contributed by atoms with Gasteiger partial charge in [-0.15, -0.1) is 12.4 Å². The fourth-order valence-electron chi connectivity index (χ4n) is 2.61. The number of ether oxygens (including phenoxy) is 1. The summed E-state index contributed by atoms with van der Waals surface area (Å²) in [6, 6.07) is 1.18. The zero-order chi connectivity index (χ0) is 16.2. The number of carbonyl (C=O) groups is 1. The minimum atomic E-state index is -3.75. The Hall–Kier alpha value is -1.09. The molecule has 0 amide bonds. The highest BCUT2D eigenvalue weighted by atomic mass is 35.5. The van der Waals surface area contributed by atoms with Crippen molar-refractivity contribution < 1.29 is 22.4 Å². The maximum atomic E-state index is 12.8. The first-order valence-corrected chi connectivity index (χ1v) is 8.84. The smallest absolute Gasteiger partial charge is 0.341 e. The number of rotatable bonds is 6. The molecule has 2 rings (SSSR count). The molecule has 2 heterocycles. The lowest BCUT2D eigenvalue weighted by Gasteiger charge is -2.32. The number of hydrogen-bond acceptors (Lipinski definition) is 6. The van der Waals surface area contributed by atoms with Gasteiger partial charge >= 0.3 is 5.97 Å². The van der Waals surface area contributed by atoms with E-state index < -0.39 is 16.0 Å². The highest BCUT2D eigenvalue weighted by molar-refractivity contribution is 7.89. The molecule has 1 aliphatic rings. The van der Waals surface area contributed by atoms with E-state index in [-0.39, 0.29) is 29.1 Å². The molecule has 7 nitrogen and oxygen atoms in total. The van der Waals surface area contributed by atoms with Crippen LogP contribution in [0.15, 0.2) is 21.8 Å². The molecule has 0 spiro atoms. The zero-order valence-electron chi connectivity index (χ0n) is 13.3. The van der Waals surface area contributed by atoms with Crippen LogP contribution in [0.5, 0.6) is 0 Å². The van der Waals surface area contributed by atoms with Crippen molar-refractivity contribution in [3.8, 4) is 0 Å². The molecule has 0 atom stereocenters. The Balaban J connectivity index is 0.00000264. The first-order valence-electron chi connectivity index (χ1n) is 7.40. The van der Waals surface area contributed by atoms with Crippen molar-refractivity contribution in [3.05, 3.63) is 17.9 Å². The molecule has 0 aromatic carbocycles. The number of furan rings is 1. The van der Waals surface area contributed by atoms with Crippen LogP contribution in [-0.4, -0.2) is 51.5 Å². The molecule has 1 aromatic rings. The molecule has 23 heavy (non-hydrogen) atoms. The third-order valence-corrected chi connectivity index (χ3v) is 5.54. The highest BCUT2D eigenvalue weighted by Gasteiger charge is 2.34. The van der Waals surface area contributed by atoms with Crippen molar-refractivity contribution in [1.82, 2.24) is 9.62 Å². The third-order valence-electron chi connectivity index (χ3n) is 3.72. The van der Waals surface area contributed by atoms with Crippen molar-refractivity contribution in [2.24, 2.45) is 0 Å². The fraction of sp³-hybridized carbons (Fsp3) is 0.643. The second-order valence-corrected chi connectivity index (χ2v) is 7.06. The van der Waals surface area contributed by atoms with E-state index in [1.165, 1.54) is 17.5 Å². The summed E-state index contributed by atoms with van der Waals surface area (Å²) >= 11 is 0. The number of esters is 1. The van der Waals surface area contributed by atoms with Gasteiger partial charge in [-0.3, -0.25) is 0 Å². The van der Waals surface area contributed by atoms with E-state index in [9.17, 15) is 13.2 Å². The monoisotopic (exact) mass is 366 g/mol. The van der Waals surface area contributed by atoms with Gasteiger partial charge in [0.1, 0.15) is 6.26 Å². The van der Waals surface area contributed by atoms with Crippen molar-refractivity contribution in [1.29, 1.82) is 0 Å². The van der Waals surface area contributed by atoms with Crippen molar-refractivity contribution >= 4 is 28.4 Å². The fourth-order valence-corrected chi connectivity index (χ4v) is 4.31. The average Bonchev–Trinajstić information content (AvgIpc) is 3.03. The minimum absolute atomic E-state index is 0. The number of nitrogens with one attached hydrogen (secondary N) is 1. The van der Waals surface area contributed by atoms with E-state index in [2.05, 4.69) is 10.1 Å². The van der Waals surface area contributed by atoms with Gasteiger partial charge in [0.2, 0.25) is 5.09 Å². The molecule has 1 N–H and O–H groups in total. The van der Waals surface area contributed by atoms with Crippen LogP contribution in [0.25, 0.3) is 0 Å². The van der Waals surface area contributed by atoms with Crippen molar-refractivity contribution in [2.45, 2.75) is 37.3 Å². The van der Waals surface area contributed by atoms with Gasteiger partial charge in [0.05, 0.1) is 12.7 Å². The van der Waals surface area contributed by atoms with Crippen LogP contribution in [0.1, 0.15) is 36.5 Å². The molecule has 0 bridgehead atoms. The highest BCUT2D eigenvalue weighted by Crippen LogP contribution is 2.24. The predicted octanol–water partition coefficient (Wildman–Crippen LogP) is 1.64. The van der Waals surface area contributed by atoms with Crippen LogP contribution in [-0.2, 0) is 14.8 Å². The largest absolute Gasteiger partial charge is 0.465 e. The molecule has 0 radical (unpaired) electrons. The van der Waals surface area contributed by atoms with E-state index in [0.29, 0.717) is 13.0 Å². The normalized spacial score (nSPS) is 16.1. The maximum absolute atomic E-state index is 12.8. The first kappa shape index (κ1) is 20.0. The lowest BCUT2D eigenvalue weighted by Crippen LogP contribution is -2.46. The van der Waals surface area contributed by atoms with Gasteiger partial charge in [-0.25, -0.2) is 13.2 Å². The number of piperidine rings is 1. The standard InChI is InChI=1S/C14H22N2O5S.ClH/c1-3-8-16(12-4-6-15-7-5-12)22(18,19)13-9-11(10-21-13)14(17)20-2;/h9-10,12,15H,3-8H2,1-2H3;1H. The average molecular weight is 367 g/mol. The number of methoxy groups -OCH3 is 1. The summed E-state index contributed by atoms with van der Waals surface area (Å²) in [5, 5.41) is 3.02. The minimum Gasteiger partial charge on any atom is -0.465 e. The molecule has 0 saturated carbocycles. The Morgan fingerprint density at radius 2 is 2.09 bits per heavy atom. The molecule has 132 valence electrons. The Bertz CT molecular complexity index is 610. The third kappa shape index (κ3) is 4.47. The number of nitrogens with zero attached hydrogens (tertiary/aromatic N) is 1. The van der Waals surface area contributed by atoms with Crippen molar-refractivity contribution in [3.63, 3.8) is 0 Å². The number of halogens is 1. The van der Waals surface area contributed by atoms with Crippen LogP contribution in [0, 0.1) is 0 Å². The zero-order valence-corrected chi connectivity index (χ0v) is 14.9. The van der Waals surface area contributed by atoms with Gasteiger partial charge in [0.25, 0.3) is 10.0 Å². The van der Waals surface area contributed by atoms with Crippen molar-refractivity contribution in [2.75, 3.05) is 26.7 Å². The molecule has 0 aliphatic carbocycles. The van der Waals surface area contributed by atoms with Gasteiger partial charge in [-0.2, -0.15) is 4.31 Å². The summed E-state index contributed by atoms with van der Waals surface area (Å²) in [5.41, 5.74) is 0.0998. The summed E-state index contributed by atoms with van der Waals surface area (Å²) in [6.45, 7) is 3.96. The number of hydrogen-bond donors (Lipinski definition) is 1. The SMILES string of the molecule is CCCN(C1CCNCC1)S(=O)(=O)c1cc(C(=O)OC)co1.Cl. The molecule has 0 unspecified atom stereocenters. The summed E-state index contributed by atoms with van der Waals surface area (Å²) in [6.07, 6.45) is 3.37. The Morgan fingerprint density at radius 3 is 2.65 bits per heavy atom. The second kappa shape index (κ2) is 8.68. The summed E-state index contributed by atoms with van der Waals surface area (Å²) < 4.78 is 36.8. The summed E-state index contributed by atoms with van der Waals surface area (Å²) in [7, 11) is -2.51. The Labute approximate surface area is 142 Å². The van der Waals surface area contributed by atoms with Crippen LogP contribution in [0.2, 0.25) is 0 Å². The Morgan fingerprint density at radius 1 is 1.43 bits per heavy atom. The lowest BCUT2D eigenvalue weighted by molar-refractivity contribution is 0.0600. The molecular weight excluding hydrogens is 344 g/mol. The Kier molecular flexibility index (Phi) is 7.53. The molecular formula is C14H23ClN2O5S. The maximum Gasteiger partial charge on any atom is 0.341 e. The molecule has 1 fully saturated rings. The van der Waals surface area contributed by atoms with Crippen LogP contribution in [0.4, 0.5) is 0 Å². The van der Waals surface area contributed by atoms with E-state index in [1.807, 2.05) is 6.92 Å². The molecule has 1 saturated heterocycles. The first-order chi connectivity index (χ1) is 10.5. The van der Waals surface area contributed by atoms with Gasteiger partial charge < -0.3 is 14.5 Å². The molecule has 1 aromatic heterocycles. The van der Waals surface area contributed by atoms with Crippen LogP contribution >= 0.6 is 12.4 Å². The van der Waals surface area contributed by atoms with E-state index in [4.69, 9.17) is 4.42 Å². The summed E-state index contributed by atoms with van der Waals surface area (Å²) in [5.74, 6) is -0.617. The topological polar surface area (TPSA) is 88.9 Å². The second-order valence-electron chi connectivity index (χ2n) is 5.24. The van der Waals surface area contributed by atoms with Gasteiger partial charge in [0, 0.05) is 18.7 Å². The van der Waals surface area contributed by atoms with Gasteiger partial charge in [-0.05, 0) is 32.4 Å². The van der Waals surface area contributed by atoms with E-state index in [1.54, 1.807) is 0 Å². The van der Waals surface area contributed by atoms with Crippen LogP contribution < -0.4 is 5.32 Å². The number of sulfonamides is 1. The van der Waals surface area contributed by atoms with Gasteiger partial charge in [0.15, 0.2) is 0 Å². The summed E-state index contributed by atoms with van der Waals surface area (Å²) in [4.78, 5) is 11.5. The van der Waals surface area contributed by atoms with E-state index >= 15 is 0 Å². The van der Waals surface area contributed by atoms with Crippen LogP contribution in [0.3, 0.4) is 0 Å². The molecule has 1 aliphatic heterocycles. The van der Waals surface area contributed by atoms with Gasteiger partial charge in [-0.1, -0.05) is 6.92 Å². The predicted molar refractivity (Wildman–Crippen MR) is 87.4 cm³/mol. The van der Waals surface area contributed by atoms with E-state index in [0.717, 1.165) is 32.2 Å².